The molecule has 0 atom stereocenters. The first-order valence-electron chi connectivity index (χ1n) is 12.6. The van der Waals surface area contributed by atoms with Gasteiger partial charge in [0.15, 0.2) is 5.82 Å². The molecule has 3 aromatic heterocycles. The maximum atomic E-state index is 12.8. The number of nitrogens with zero attached hydrogens (tertiary/aromatic N) is 4. The molecule has 0 bridgehead atoms. The number of hydrogen-bond donors (Lipinski definition) is 3. The van der Waals surface area contributed by atoms with Crippen LogP contribution in [0.25, 0.3) is 16.8 Å². The summed E-state index contributed by atoms with van der Waals surface area (Å²) in [4.78, 5) is 29.6. The normalized spacial score (nSPS) is 14.4. The number of ether oxygens (including phenoxy) is 1. The zero-order chi connectivity index (χ0) is 27.8. The second-order valence-corrected chi connectivity index (χ2v) is 11.0. The van der Waals surface area contributed by atoms with E-state index in [1.165, 1.54) is 0 Å². The van der Waals surface area contributed by atoms with Gasteiger partial charge in [-0.3, -0.25) is 15.1 Å². The molecule has 3 N–H and O–H groups in total. The van der Waals surface area contributed by atoms with Crippen LogP contribution in [0.2, 0.25) is 0 Å². The Hall–Kier alpha value is -4.51. The average Bonchev–Trinajstić information content (AvgIpc) is 3.54. The fraction of sp³-hybridized carbons (Fsp3) is 0.321. The molecule has 1 saturated heterocycles. The Morgan fingerprint density at radius 1 is 1.05 bits per heavy atom. The molecule has 5 rings (SSSR count). The summed E-state index contributed by atoms with van der Waals surface area (Å²) < 4.78 is 12.3. The van der Waals surface area contributed by atoms with Gasteiger partial charge < -0.3 is 19.9 Å². The van der Waals surface area contributed by atoms with Crippen molar-refractivity contribution < 1.29 is 18.8 Å². The highest BCUT2D eigenvalue weighted by atomic mass is 16.5. The highest BCUT2D eigenvalue weighted by Gasteiger charge is 2.41. The quantitative estimate of drug-likeness (QED) is 0.314. The van der Waals surface area contributed by atoms with Gasteiger partial charge in [0, 0.05) is 46.9 Å². The Labute approximate surface area is 225 Å². The second-order valence-electron chi connectivity index (χ2n) is 11.0. The van der Waals surface area contributed by atoms with Crippen LogP contribution in [0.5, 0.6) is 0 Å². The molecule has 0 saturated carbocycles. The SMILES string of the molecule is Cc1ccc(NC(=O)Nc2cc(C(C)(C)C)on2)cc1-n1cc(-c2cnccc2NC(=O)C2(C)COC2)cn1. The van der Waals surface area contributed by atoms with E-state index in [1.807, 2.05) is 59.0 Å². The van der Waals surface area contributed by atoms with Gasteiger partial charge in [0.1, 0.15) is 5.76 Å². The van der Waals surface area contributed by atoms with Gasteiger partial charge in [0.25, 0.3) is 0 Å². The summed E-state index contributed by atoms with van der Waals surface area (Å²) in [6.07, 6.45) is 6.90. The van der Waals surface area contributed by atoms with Crippen molar-refractivity contribution in [2.45, 2.75) is 40.0 Å². The summed E-state index contributed by atoms with van der Waals surface area (Å²) in [5.41, 5.74) is 3.74. The van der Waals surface area contributed by atoms with Crippen molar-refractivity contribution in [2.75, 3.05) is 29.2 Å². The molecule has 0 radical (unpaired) electrons. The van der Waals surface area contributed by atoms with Crippen LogP contribution >= 0.6 is 0 Å². The lowest BCUT2D eigenvalue weighted by Gasteiger charge is -2.36. The Balaban J connectivity index is 1.32. The van der Waals surface area contributed by atoms with Crippen LogP contribution in [0.1, 0.15) is 39.0 Å². The first-order valence-corrected chi connectivity index (χ1v) is 12.6. The molecule has 0 unspecified atom stereocenters. The lowest BCUT2D eigenvalue weighted by molar-refractivity contribution is -0.151. The first-order chi connectivity index (χ1) is 18.5. The Morgan fingerprint density at radius 3 is 2.54 bits per heavy atom. The van der Waals surface area contributed by atoms with E-state index in [4.69, 9.17) is 9.26 Å². The largest absolute Gasteiger partial charge is 0.379 e. The van der Waals surface area contributed by atoms with E-state index in [0.717, 1.165) is 22.4 Å². The van der Waals surface area contributed by atoms with Gasteiger partial charge in [-0.2, -0.15) is 5.10 Å². The summed E-state index contributed by atoms with van der Waals surface area (Å²) in [5.74, 6) is 0.911. The van der Waals surface area contributed by atoms with E-state index in [1.54, 1.807) is 35.4 Å². The van der Waals surface area contributed by atoms with Crippen molar-refractivity contribution in [3.05, 3.63) is 66.4 Å². The molecule has 11 nitrogen and oxygen atoms in total. The van der Waals surface area contributed by atoms with Gasteiger partial charge in [0.05, 0.1) is 36.2 Å². The maximum absolute atomic E-state index is 12.8. The Kier molecular flexibility index (Phi) is 6.69. The summed E-state index contributed by atoms with van der Waals surface area (Å²) in [7, 11) is 0. The number of rotatable bonds is 6. The number of carbonyl (C=O) groups is 2. The third kappa shape index (κ3) is 5.53. The minimum absolute atomic E-state index is 0.0956. The summed E-state index contributed by atoms with van der Waals surface area (Å²) in [6.45, 7) is 10.6. The van der Waals surface area contributed by atoms with Gasteiger partial charge in [-0.15, -0.1) is 0 Å². The number of carbonyl (C=O) groups excluding carboxylic acids is 2. The topological polar surface area (TPSA) is 136 Å². The Bertz CT molecular complexity index is 1530. The zero-order valence-electron chi connectivity index (χ0n) is 22.5. The smallest absolute Gasteiger partial charge is 0.324 e. The number of anilines is 3. The average molecular weight is 530 g/mol. The zero-order valence-corrected chi connectivity index (χ0v) is 22.5. The fourth-order valence-corrected chi connectivity index (χ4v) is 4.04. The fourth-order valence-electron chi connectivity index (χ4n) is 4.04. The van der Waals surface area contributed by atoms with Crippen molar-refractivity contribution in [3.63, 3.8) is 0 Å². The van der Waals surface area contributed by atoms with Crippen LogP contribution in [0.4, 0.5) is 22.0 Å². The standard InChI is InChI=1S/C28H31N7O4/c1-17-6-7-19(31-26(37)33-24-11-23(39-34-24)27(2,3)4)10-22(17)35-14-18(12-30-35)20-13-29-9-8-21(20)32-25(36)28(5)15-38-16-28/h6-14H,15-16H2,1-5H3,(H,29,32,36)(H2,31,33,34,37). The van der Waals surface area contributed by atoms with Gasteiger partial charge in [-0.1, -0.05) is 32.0 Å². The molecule has 1 aliphatic rings. The van der Waals surface area contributed by atoms with Crippen LogP contribution in [0.15, 0.2) is 59.6 Å². The number of amides is 3. The lowest BCUT2D eigenvalue weighted by Crippen LogP contribution is -2.49. The summed E-state index contributed by atoms with van der Waals surface area (Å²) in [5, 5.41) is 17.0. The third-order valence-corrected chi connectivity index (χ3v) is 6.56. The number of benzene rings is 1. The highest BCUT2D eigenvalue weighted by molar-refractivity contribution is 6.00. The number of pyridine rings is 1. The van der Waals surface area contributed by atoms with Gasteiger partial charge >= 0.3 is 6.03 Å². The minimum atomic E-state index is -0.538. The van der Waals surface area contributed by atoms with Gasteiger partial charge in [0.2, 0.25) is 5.91 Å². The van der Waals surface area contributed by atoms with Crippen LogP contribution < -0.4 is 16.0 Å². The van der Waals surface area contributed by atoms with E-state index < -0.39 is 11.4 Å². The van der Waals surface area contributed by atoms with Gasteiger partial charge in [-0.05, 0) is 37.6 Å². The molecular formula is C28H31N7O4. The molecule has 1 fully saturated rings. The molecule has 0 aliphatic carbocycles. The molecule has 4 aromatic rings. The van der Waals surface area contributed by atoms with E-state index in [0.29, 0.717) is 36.2 Å². The molecule has 1 aromatic carbocycles. The van der Waals surface area contributed by atoms with Crippen molar-refractivity contribution in [1.29, 1.82) is 0 Å². The number of hydrogen-bond acceptors (Lipinski definition) is 7. The Morgan fingerprint density at radius 2 is 1.85 bits per heavy atom. The van der Waals surface area contributed by atoms with Crippen molar-refractivity contribution >= 4 is 29.1 Å². The molecule has 1 aliphatic heterocycles. The first kappa shape index (κ1) is 26.1. The van der Waals surface area contributed by atoms with E-state index in [2.05, 4.69) is 31.2 Å². The highest BCUT2D eigenvalue weighted by Crippen LogP contribution is 2.32. The number of urea groups is 1. The molecule has 39 heavy (non-hydrogen) atoms. The van der Waals surface area contributed by atoms with Gasteiger partial charge in [-0.25, -0.2) is 9.48 Å². The summed E-state index contributed by atoms with van der Waals surface area (Å²) in [6, 6.07) is 8.57. The van der Waals surface area contributed by atoms with Crippen LogP contribution in [-0.2, 0) is 14.9 Å². The molecule has 4 heterocycles. The molecule has 3 amide bonds. The molecule has 0 spiro atoms. The predicted octanol–water partition coefficient (Wildman–Crippen LogP) is 5.15. The third-order valence-electron chi connectivity index (χ3n) is 6.56. The van der Waals surface area contributed by atoms with E-state index in [-0.39, 0.29) is 11.3 Å². The number of aromatic nitrogens is 4. The molecule has 202 valence electrons. The predicted molar refractivity (Wildman–Crippen MR) is 147 cm³/mol. The minimum Gasteiger partial charge on any atom is -0.379 e. The monoisotopic (exact) mass is 529 g/mol. The van der Waals surface area contributed by atoms with Crippen LogP contribution in [0.3, 0.4) is 0 Å². The van der Waals surface area contributed by atoms with E-state index >= 15 is 0 Å². The lowest BCUT2D eigenvalue weighted by atomic mass is 9.87. The maximum Gasteiger partial charge on any atom is 0.324 e. The number of nitrogens with one attached hydrogen (secondary N) is 3. The van der Waals surface area contributed by atoms with Crippen molar-refractivity contribution in [2.24, 2.45) is 5.41 Å². The van der Waals surface area contributed by atoms with Crippen molar-refractivity contribution in [1.82, 2.24) is 19.9 Å². The van der Waals surface area contributed by atoms with Crippen LogP contribution in [0, 0.1) is 12.3 Å². The molecule has 11 heteroatoms. The number of aryl methyl sites for hydroxylation is 1. The molecular weight excluding hydrogens is 498 g/mol. The second kappa shape index (κ2) is 9.99. The summed E-state index contributed by atoms with van der Waals surface area (Å²) >= 11 is 0. The van der Waals surface area contributed by atoms with E-state index in [9.17, 15) is 9.59 Å². The van der Waals surface area contributed by atoms with Crippen LogP contribution in [-0.4, -0.2) is 45.1 Å². The van der Waals surface area contributed by atoms with Crippen molar-refractivity contribution in [3.8, 4) is 16.8 Å².